The molecule has 1 aromatic carbocycles. The number of amides is 4. The number of carbonyl (C=O) groups is 4. The minimum Gasteiger partial charge on any atom is -0.381 e. The fraction of sp³-hybridized carbons (Fsp3) is 0.714. The zero-order valence-corrected chi connectivity index (χ0v) is 30.4. The van der Waals surface area contributed by atoms with Gasteiger partial charge in [0.25, 0.3) is 5.91 Å². The van der Waals surface area contributed by atoms with E-state index >= 15 is 0 Å². The summed E-state index contributed by atoms with van der Waals surface area (Å²) in [5.74, 6) is -3.19. The predicted octanol–water partition coefficient (Wildman–Crippen LogP) is 1.46. The lowest BCUT2D eigenvalue weighted by Gasteiger charge is -2.34. The lowest BCUT2D eigenvalue weighted by atomic mass is 9.82. The third kappa shape index (κ3) is 10.0. The van der Waals surface area contributed by atoms with Crippen LogP contribution in [-0.4, -0.2) is 90.9 Å². The molecule has 4 rings (SSSR count). The molecule has 0 spiro atoms. The van der Waals surface area contributed by atoms with Crippen LogP contribution < -0.4 is 27.0 Å². The molecule has 6 unspecified atom stereocenters. The molecule has 1 saturated heterocycles. The van der Waals surface area contributed by atoms with Gasteiger partial charge >= 0.3 is 0 Å². The largest absolute Gasteiger partial charge is 0.381 e. The predicted molar refractivity (Wildman–Crippen MR) is 185 cm³/mol. The Bertz CT molecular complexity index is 1440. The first-order valence-corrected chi connectivity index (χ1v) is 19.2. The minimum atomic E-state index is -4.05. The summed E-state index contributed by atoms with van der Waals surface area (Å²) in [4.78, 5) is 54.0. The van der Waals surface area contributed by atoms with E-state index in [0.717, 1.165) is 50.5 Å². The Morgan fingerprint density at radius 2 is 1.55 bits per heavy atom. The van der Waals surface area contributed by atoms with Crippen LogP contribution in [0.1, 0.15) is 91.0 Å². The number of rotatable bonds is 14. The van der Waals surface area contributed by atoms with Crippen molar-refractivity contribution in [3.05, 3.63) is 29.8 Å². The normalized spacial score (nSPS) is 23.2. The number of nitrogens with two attached hydrogens (primary N) is 1. The van der Waals surface area contributed by atoms with E-state index in [4.69, 9.17) is 5.73 Å². The quantitative estimate of drug-likeness (QED) is 0.167. The molecule has 13 nitrogen and oxygen atoms in total. The number of benzene rings is 1. The van der Waals surface area contributed by atoms with Crippen LogP contribution in [0.25, 0.3) is 0 Å². The van der Waals surface area contributed by atoms with Crippen molar-refractivity contribution in [3.63, 3.8) is 0 Å². The van der Waals surface area contributed by atoms with Crippen LogP contribution in [0.3, 0.4) is 0 Å². The number of hydrogen-bond donors (Lipinski definition) is 6. The summed E-state index contributed by atoms with van der Waals surface area (Å²) in [6, 6.07) is 2.70. The number of carbonyl (C=O) groups excluding carboxylic acids is 4. The van der Waals surface area contributed by atoms with E-state index in [1.165, 1.54) is 16.4 Å². The monoisotopic (exact) mass is 704 g/mol. The van der Waals surface area contributed by atoms with Gasteiger partial charge in [-0.3, -0.25) is 19.2 Å². The van der Waals surface area contributed by atoms with Crippen LogP contribution in [0.5, 0.6) is 0 Å². The standard InChI is InChI=1S/C35H56N6O7S/c1-6-10-26(29(42)33(45)37-23-15-16-23)38-31(43)25-19-41(49(47,48)24-17-13-21(2)14-18-24)20-27(25)39-34(46)30(35(3,4)5)40-32(44)28(36)22-11-8-7-9-12-22/h13-14,17-18,22-23,25-30,42H,6-12,15-16,19-20,36H2,1-5H3,(H,37,45)(H,38,43)(H,39,46)(H,40,44). The highest BCUT2D eigenvalue weighted by Gasteiger charge is 2.46. The number of aryl methyl sites for hydroxylation is 1. The highest BCUT2D eigenvalue weighted by Crippen LogP contribution is 2.29. The summed E-state index contributed by atoms with van der Waals surface area (Å²) < 4.78 is 28.7. The van der Waals surface area contributed by atoms with Crippen LogP contribution >= 0.6 is 0 Å². The van der Waals surface area contributed by atoms with Crippen molar-refractivity contribution in [2.24, 2.45) is 23.0 Å². The van der Waals surface area contributed by atoms with Gasteiger partial charge in [0, 0.05) is 19.1 Å². The van der Waals surface area contributed by atoms with E-state index in [-0.39, 0.29) is 29.9 Å². The molecule has 3 fully saturated rings. The van der Waals surface area contributed by atoms with Crippen LogP contribution in [0.15, 0.2) is 29.2 Å². The average molecular weight is 705 g/mol. The number of nitrogens with zero attached hydrogens (tertiary/aromatic N) is 1. The molecule has 7 N–H and O–H groups in total. The summed E-state index contributed by atoms with van der Waals surface area (Å²) in [7, 11) is -4.05. The molecule has 1 aliphatic heterocycles. The van der Waals surface area contributed by atoms with Gasteiger partial charge in [0.05, 0.1) is 28.9 Å². The molecule has 49 heavy (non-hydrogen) atoms. The Kier molecular flexibility index (Phi) is 12.9. The molecule has 1 aromatic rings. The van der Waals surface area contributed by atoms with E-state index in [0.29, 0.717) is 12.8 Å². The fourth-order valence-corrected chi connectivity index (χ4v) is 8.22. The van der Waals surface area contributed by atoms with Gasteiger partial charge in [-0.05, 0) is 62.5 Å². The van der Waals surface area contributed by atoms with Gasteiger partial charge in [0.2, 0.25) is 27.7 Å². The fourth-order valence-electron chi connectivity index (χ4n) is 6.73. The first kappa shape index (κ1) is 38.7. The summed E-state index contributed by atoms with van der Waals surface area (Å²) >= 11 is 0. The Morgan fingerprint density at radius 3 is 2.12 bits per heavy atom. The number of hydrogen-bond acceptors (Lipinski definition) is 8. The molecule has 0 bridgehead atoms. The summed E-state index contributed by atoms with van der Waals surface area (Å²) in [6.45, 7) is 8.68. The van der Waals surface area contributed by atoms with Crippen LogP contribution in [0.4, 0.5) is 0 Å². The SMILES string of the molecule is CCCC(NC(=O)C1CN(S(=O)(=O)c2ccc(C)cc2)CC1NC(=O)C(NC(=O)C(N)C1CCCCC1)C(C)(C)C)C(O)C(=O)NC1CC1. The first-order valence-electron chi connectivity index (χ1n) is 17.7. The molecule has 0 aromatic heterocycles. The van der Waals surface area contributed by atoms with Crippen molar-refractivity contribution < 1.29 is 32.7 Å². The van der Waals surface area contributed by atoms with E-state index < -0.39 is 75.3 Å². The number of aliphatic hydroxyl groups is 1. The van der Waals surface area contributed by atoms with Crippen molar-refractivity contribution in [1.82, 2.24) is 25.6 Å². The number of sulfonamides is 1. The maximum absolute atomic E-state index is 14.0. The third-order valence-corrected chi connectivity index (χ3v) is 11.8. The maximum Gasteiger partial charge on any atom is 0.251 e. The average Bonchev–Trinajstić information content (AvgIpc) is 3.77. The maximum atomic E-state index is 14.0. The second-order valence-corrected chi connectivity index (χ2v) is 17.2. The number of nitrogens with one attached hydrogen (secondary N) is 4. The minimum absolute atomic E-state index is 0.0172. The van der Waals surface area contributed by atoms with Gasteiger partial charge in [-0.15, -0.1) is 0 Å². The molecular formula is C35H56N6O7S. The lowest BCUT2D eigenvalue weighted by molar-refractivity contribution is -0.134. The Labute approximate surface area is 290 Å². The van der Waals surface area contributed by atoms with Crippen molar-refractivity contribution in [1.29, 1.82) is 0 Å². The first-order chi connectivity index (χ1) is 23.0. The molecule has 274 valence electrons. The smallest absolute Gasteiger partial charge is 0.251 e. The Balaban J connectivity index is 1.56. The lowest BCUT2D eigenvalue weighted by Crippen LogP contribution is -2.60. The molecule has 14 heteroatoms. The second kappa shape index (κ2) is 16.3. The van der Waals surface area contributed by atoms with Gasteiger partial charge < -0.3 is 32.1 Å². The van der Waals surface area contributed by atoms with Crippen molar-refractivity contribution >= 4 is 33.7 Å². The highest BCUT2D eigenvalue weighted by molar-refractivity contribution is 7.89. The Hall–Kier alpha value is -3.07. The highest BCUT2D eigenvalue weighted by atomic mass is 32.2. The van der Waals surface area contributed by atoms with Gasteiger partial charge in [-0.2, -0.15) is 4.31 Å². The summed E-state index contributed by atoms with van der Waals surface area (Å²) in [5.41, 5.74) is 6.50. The van der Waals surface area contributed by atoms with E-state index in [2.05, 4.69) is 21.3 Å². The molecule has 1 heterocycles. The van der Waals surface area contributed by atoms with Gasteiger partial charge in [-0.25, -0.2) is 8.42 Å². The summed E-state index contributed by atoms with van der Waals surface area (Å²) in [6.07, 6.45) is 5.85. The zero-order valence-electron chi connectivity index (χ0n) is 29.5. The Morgan fingerprint density at radius 1 is 0.918 bits per heavy atom. The van der Waals surface area contributed by atoms with Gasteiger partial charge in [-0.1, -0.05) is 71.1 Å². The topological polar surface area (TPSA) is 200 Å². The molecule has 2 aliphatic carbocycles. The molecule has 0 radical (unpaired) electrons. The van der Waals surface area contributed by atoms with Crippen LogP contribution in [0, 0.1) is 24.2 Å². The van der Waals surface area contributed by atoms with Crippen molar-refractivity contribution in [2.75, 3.05) is 13.1 Å². The second-order valence-electron chi connectivity index (χ2n) is 15.2. The van der Waals surface area contributed by atoms with E-state index in [1.54, 1.807) is 32.9 Å². The molecule has 3 aliphatic rings. The zero-order chi connectivity index (χ0) is 36.1. The summed E-state index contributed by atoms with van der Waals surface area (Å²) in [5, 5.41) is 22.2. The molecule has 4 amide bonds. The van der Waals surface area contributed by atoms with Crippen molar-refractivity contribution in [2.45, 2.75) is 134 Å². The van der Waals surface area contributed by atoms with E-state index in [1.807, 2.05) is 13.8 Å². The molecule has 2 saturated carbocycles. The molecular weight excluding hydrogens is 648 g/mol. The van der Waals surface area contributed by atoms with E-state index in [9.17, 15) is 32.7 Å². The van der Waals surface area contributed by atoms with Crippen LogP contribution in [-0.2, 0) is 29.2 Å². The number of aliphatic hydroxyl groups excluding tert-OH is 1. The van der Waals surface area contributed by atoms with Crippen LogP contribution in [0.2, 0.25) is 0 Å². The van der Waals surface area contributed by atoms with Crippen molar-refractivity contribution in [3.8, 4) is 0 Å². The van der Waals surface area contributed by atoms with Gasteiger partial charge in [0.15, 0.2) is 6.10 Å². The third-order valence-electron chi connectivity index (χ3n) is 9.99. The molecule has 6 atom stereocenters. The van der Waals surface area contributed by atoms with Gasteiger partial charge in [0.1, 0.15) is 6.04 Å².